The molecule has 0 aromatic heterocycles. The van der Waals surface area contributed by atoms with E-state index in [1.165, 1.54) is 24.3 Å². The smallest absolute Gasteiger partial charge is 0.288 e. The summed E-state index contributed by atoms with van der Waals surface area (Å²) in [4.78, 5) is 24.4. The summed E-state index contributed by atoms with van der Waals surface area (Å²) in [5, 5.41) is 10.9. The van der Waals surface area contributed by atoms with Crippen LogP contribution < -0.4 is 4.90 Å². The highest BCUT2D eigenvalue weighted by Crippen LogP contribution is 2.25. The minimum absolute atomic E-state index is 0.0674. The van der Waals surface area contributed by atoms with Crippen LogP contribution in [0.2, 0.25) is 5.02 Å². The van der Waals surface area contributed by atoms with Crippen LogP contribution in [0.15, 0.2) is 48.5 Å². The van der Waals surface area contributed by atoms with Crippen LogP contribution in [0.25, 0.3) is 6.08 Å². The zero-order valence-corrected chi connectivity index (χ0v) is 13.4. The Bertz CT molecular complexity index is 768. The molecule has 0 unspecified atom stereocenters. The second-order valence-electron chi connectivity index (χ2n) is 5.11. The molecule has 6 heteroatoms. The number of nitro benzene ring substituents is 1. The number of allylic oxidation sites excluding steroid dienone is 1. The fraction of sp³-hybridized carbons (Fsp3) is 0.118. The number of nitro groups is 1. The topological polar surface area (TPSA) is 63.5 Å². The molecule has 0 fully saturated rings. The third kappa shape index (κ3) is 4.17. The number of nitrogens with zero attached hydrogens (tertiary/aromatic N) is 2. The highest BCUT2D eigenvalue weighted by atomic mass is 35.5. The van der Waals surface area contributed by atoms with E-state index in [1.54, 1.807) is 18.2 Å². The maximum Gasteiger partial charge on any atom is 0.288 e. The number of hydrogen-bond donors (Lipinski definition) is 0. The van der Waals surface area contributed by atoms with Crippen LogP contribution >= 0.6 is 11.6 Å². The Balaban J connectivity index is 2.18. The largest absolute Gasteiger partial charge is 0.378 e. The lowest BCUT2D eigenvalue weighted by atomic mass is 10.1. The second kappa shape index (κ2) is 7.07. The van der Waals surface area contributed by atoms with E-state index in [0.717, 1.165) is 5.69 Å². The van der Waals surface area contributed by atoms with Gasteiger partial charge in [-0.2, -0.15) is 0 Å². The molecule has 0 saturated carbocycles. The number of ketones is 1. The van der Waals surface area contributed by atoms with Crippen molar-refractivity contribution < 1.29 is 9.72 Å². The molecule has 118 valence electrons. The van der Waals surface area contributed by atoms with E-state index in [1.807, 2.05) is 31.1 Å². The van der Waals surface area contributed by atoms with Crippen molar-refractivity contribution in [2.45, 2.75) is 0 Å². The van der Waals surface area contributed by atoms with E-state index >= 15 is 0 Å². The maximum atomic E-state index is 12.1. The number of anilines is 1. The number of carbonyl (C=O) groups is 1. The molecule has 2 aromatic rings. The highest BCUT2D eigenvalue weighted by Gasteiger charge is 2.11. The molecule has 5 nitrogen and oxygen atoms in total. The van der Waals surface area contributed by atoms with E-state index in [2.05, 4.69) is 0 Å². The Kier molecular flexibility index (Phi) is 5.13. The van der Waals surface area contributed by atoms with Gasteiger partial charge >= 0.3 is 0 Å². The van der Waals surface area contributed by atoms with E-state index in [0.29, 0.717) is 11.1 Å². The molecule has 23 heavy (non-hydrogen) atoms. The lowest BCUT2D eigenvalue weighted by Crippen LogP contribution is -2.08. The summed E-state index contributed by atoms with van der Waals surface area (Å²) < 4.78 is 0. The molecule has 0 aliphatic heterocycles. The predicted molar refractivity (Wildman–Crippen MR) is 92.2 cm³/mol. The van der Waals surface area contributed by atoms with Gasteiger partial charge < -0.3 is 4.90 Å². The first-order valence-electron chi connectivity index (χ1n) is 6.82. The molecule has 2 aromatic carbocycles. The minimum atomic E-state index is -0.554. The van der Waals surface area contributed by atoms with Crippen molar-refractivity contribution in [3.63, 3.8) is 0 Å². The van der Waals surface area contributed by atoms with Crippen LogP contribution in [0.1, 0.15) is 15.9 Å². The fourth-order valence-electron chi connectivity index (χ4n) is 1.97. The lowest BCUT2D eigenvalue weighted by molar-refractivity contribution is -0.384. The number of hydrogen-bond acceptors (Lipinski definition) is 4. The Morgan fingerprint density at radius 1 is 1.17 bits per heavy atom. The summed E-state index contributed by atoms with van der Waals surface area (Å²) >= 11 is 5.75. The van der Waals surface area contributed by atoms with Gasteiger partial charge in [0, 0.05) is 31.4 Å². The van der Waals surface area contributed by atoms with Gasteiger partial charge in [0.25, 0.3) is 5.69 Å². The summed E-state index contributed by atoms with van der Waals surface area (Å²) in [5.41, 5.74) is 1.91. The second-order valence-corrected chi connectivity index (χ2v) is 5.51. The van der Waals surface area contributed by atoms with Crippen molar-refractivity contribution in [2.24, 2.45) is 0 Å². The molecular weight excluding hydrogens is 316 g/mol. The Morgan fingerprint density at radius 2 is 1.83 bits per heavy atom. The monoisotopic (exact) mass is 330 g/mol. The van der Waals surface area contributed by atoms with Crippen LogP contribution in [0.5, 0.6) is 0 Å². The maximum absolute atomic E-state index is 12.1. The lowest BCUT2D eigenvalue weighted by Gasteiger charge is -2.11. The van der Waals surface area contributed by atoms with Gasteiger partial charge in [0.05, 0.1) is 4.92 Å². The fourth-order valence-corrected chi connectivity index (χ4v) is 2.15. The number of rotatable bonds is 5. The quantitative estimate of drug-likeness (QED) is 0.356. The highest BCUT2D eigenvalue weighted by molar-refractivity contribution is 6.32. The first kappa shape index (κ1) is 16.7. The molecule has 2 rings (SSSR count). The number of carbonyl (C=O) groups excluding carboxylic acids is 1. The minimum Gasteiger partial charge on any atom is -0.378 e. The standard InChI is InChI=1S/C17H15ClN2O3/c1-19(2)14-7-5-13(6-8-14)17(21)10-4-12-3-9-15(18)16(11-12)20(22)23/h3-11H,1-2H3/b10-4+. The molecule has 0 N–H and O–H groups in total. The molecule has 0 heterocycles. The Morgan fingerprint density at radius 3 is 2.39 bits per heavy atom. The van der Waals surface area contributed by atoms with Crippen molar-refractivity contribution in [2.75, 3.05) is 19.0 Å². The van der Waals surface area contributed by atoms with Crippen LogP contribution in [0.4, 0.5) is 11.4 Å². The molecule has 0 radical (unpaired) electrons. The van der Waals surface area contributed by atoms with Crippen LogP contribution in [0.3, 0.4) is 0 Å². The molecule has 0 spiro atoms. The molecule has 0 aliphatic rings. The molecule has 0 saturated heterocycles. The first-order valence-corrected chi connectivity index (χ1v) is 7.20. The van der Waals surface area contributed by atoms with Crippen molar-refractivity contribution >= 4 is 34.8 Å². The average Bonchev–Trinajstić information content (AvgIpc) is 2.53. The van der Waals surface area contributed by atoms with Crippen molar-refractivity contribution in [1.82, 2.24) is 0 Å². The normalized spacial score (nSPS) is 10.7. The molecule has 0 bridgehead atoms. The predicted octanol–water partition coefficient (Wildman–Crippen LogP) is 4.21. The summed E-state index contributed by atoms with van der Waals surface area (Å²) in [5.74, 6) is -0.173. The average molecular weight is 331 g/mol. The summed E-state index contributed by atoms with van der Waals surface area (Å²) in [6.45, 7) is 0. The Labute approximate surface area is 139 Å². The van der Waals surface area contributed by atoms with E-state index in [-0.39, 0.29) is 16.5 Å². The Hall–Kier alpha value is -2.66. The number of halogens is 1. The van der Waals surface area contributed by atoms with E-state index in [4.69, 9.17) is 11.6 Å². The zero-order valence-electron chi connectivity index (χ0n) is 12.7. The molecule has 0 amide bonds. The molecule has 0 aliphatic carbocycles. The SMILES string of the molecule is CN(C)c1ccc(C(=O)/C=C/c2ccc(Cl)c([N+](=O)[O-])c2)cc1. The zero-order chi connectivity index (χ0) is 17.0. The number of benzene rings is 2. The van der Waals surface area contributed by atoms with E-state index < -0.39 is 4.92 Å². The van der Waals surface area contributed by atoms with Crippen LogP contribution in [-0.4, -0.2) is 24.8 Å². The van der Waals surface area contributed by atoms with Gasteiger partial charge in [0.2, 0.25) is 0 Å². The third-order valence-electron chi connectivity index (χ3n) is 3.26. The van der Waals surface area contributed by atoms with E-state index in [9.17, 15) is 14.9 Å². The van der Waals surface area contributed by atoms with Gasteiger partial charge in [0.15, 0.2) is 5.78 Å². The van der Waals surface area contributed by atoms with Crippen LogP contribution in [-0.2, 0) is 0 Å². The third-order valence-corrected chi connectivity index (χ3v) is 3.58. The molecular formula is C17H15ClN2O3. The summed E-state index contributed by atoms with van der Waals surface area (Å²) in [7, 11) is 3.84. The van der Waals surface area contributed by atoms with Crippen LogP contribution in [0, 0.1) is 10.1 Å². The van der Waals surface area contributed by atoms with Crippen molar-refractivity contribution in [1.29, 1.82) is 0 Å². The van der Waals surface area contributed by atoms with Gasteiger partial charge in [0.1, 0.15) is 5.02 Å². The molecule has 0 atom stereocenters. The summed E-state index contributed by atoms with van der Waals surface area (Å²) in [6, 6.07) is 11.6. The van der Waals surface area contributed by atoms with Gasteiger partial charge in [-0.05, 0) is 42.0 Å². The van der Waals surface area contributed by atoms with Gasteiger partial charge in [-0.15, -0.1) is 0 Å². The van der Waals surface area contributed by atoms with Crippen molar-refractivity contribution in [3.8, 4) is 0 Å². The van der Waals surface area contributed by atoms with Gasteiger partial charge in [-0.3, -0.25) is 14.9 Å². The van der Waals surface area contributed by atoms with Gasteiger partial charge in [-0.25, -0.2) is 0 Å². The van der Waals surface area contributed by atoms with Crippen molar-refractivity contribution in [3.05, 3.63) is 74.8 Å². The van der Waals surface area contributed by atoms with Gasteiger partial charge in [-0.1, -0.05) is 23.7 Å². The summed E-state index contributed by atoms with van der Waals surface area (Å²) in [6.07, 6.45) is 2.92. The first-order chi connectivity index (χ1) is 10.9.